The third-order valence-electron chi connectivity index (χ3n) is 11.4. The maximum Gasteiger partial charge on any atom is -0.00157 e. The Morgan fingerprint density at radius 1 is 0.604 bits per heavy atom. The smallest absolute Gasteiger partial charge is 0.00157 e. The molecule has 1 fully saturated rings. The zero-order chi connectivity index (χ0) is 39.4. The summed E-state index contributed by atoms with van der Waals surface area (Å²) >= 11 is 0. The molecule has 1 atom stereocenters. The number of benzene rings is 1. The largest absolute Gasteiger partial charge is 0.303 e. The monoisotopic (exact) mass is 730 g/mol. The number of likely N-dealkylation sites (tertiary alicyclic amines) is 1. The van der Waals surface area contributed by atoms with E-state index >= 15 is 0 Å². The van der Waals surface area contributed by atoms with E-state index in [9.17, 15) is 0 Å². The first kappa shape index (κ1) is 49.2. The lowest BCUT2D eigenvalue weighted by Crippen LogP contribution is -2.20. The van der Waals surface area contributed by atoms with E-state index < -0.39 is 0 Å². The number of nitrogens with zero attached hydrogens (tertiary/aromatic N) is 1. The first-order chi connectivity index (χ1) is 25.3. The molecule has 0 N–H and O–H groups in total. The topological polar surface area (TPSA) is 3.24 Å². The maximum absolute atomic E-state index is 4.44. The number of allylic oxidation sites excluding steroid dienone is 4. The molecule has 304 valence electrons. The van der Waals surface area contributed by atoms with Gasteiger partial charge in [-0.15, -0.1) is 0 Å². The molecular weight excluding hydrogens is 639 g/mol. The highest BCUT2D eigenvalue weighted by atomic mass is 15.1. The molecule has 1 aliphatic heterocycles. The highest BCUT2D eigenvalue weighted by Gasteiger charge is 2.20. The Morgan fingerprint density at radius 3 is 1.55 bits per heavy atom. The highest BCUT2D eigenvalue weighted by Crippen LogP contribution is 2.31. The lowest BCUT2D eigenvalue weighted by atomic mass is 9.79. The summed E-state index contributed by atoms with van der Waals surface area (Å²) in [6.07, 6.45) is 39.2. The van der Waals surface area contributed by atoms with Gasteiger partial charge in [0.1, 0.15) is 0 Å². The van der Waals surface area contributed by atoms with Crippen molar-refractivity contribution in [1.29, 1.82) is 0 Å². The fourth-order valence-electron chi connectivity index (χ4n) is 7.55. The summed E-state index contributed by atoms with van der Waals surface area (Å²) in [4.78, 5) is 2.63. The molecule has 0 aromatic heterocycles. The fraction of sp³-hybridized carbons (Fsp3) is 0.731. The molecule has 0 bridgehead atoms. The van der Waals surface area contributed by atoms with Gasteiger partial charge >= 0.3 is 0 Å². The number of unbranched alkanes of at least 4 members (excludes halogenated alkanes) is 11. The Hall–Kier alpha value is -1.86. The Kier molecular flexibility index (Phi) is 27.3. The van der Waals surface area contributed by atoms with Crippen LogP contribution < -0.4 is 0 Å². The van der Waals surface area contributed by atoms with Crippen LogP contribution in [0.3, 0.4) is 0 Å². The van der Waals surface area contributed by atoms with Gasteiger partial charge in [-0.3, -0.25) is 0 Å². The first-order valence-corrected chi connectivity index (χ1v) is 22.8. The minimum absolute atomic E-state index is 0.193. The van der Waals surface area contributed by atoms with Crippen molar-refractivity contribution in [3.63, 3.8) is 0 Å². The van der Waals surface area contributed by atoms with Gasteiger partial charge < -0.3 is 4.90 Å². The van der Waals surface area contributed by atoms with Crippen LogP contribution in [-0.2, 0) is 10.8 Å². The van der Waals surface area contributed by atoms with Crippen molar-refractivity contribution in [2.75, 3.05) is 19.6 Å². The van der Waals surface area contributed by atoms with Crippen LogP contribution in [0.4, 0.5) is 0 Å². The second-order valence-corrected chi connectivity index (χ2v) is 18.8. The van der Waals surface area contributed by atoms with E-state index in [1.165, 1.54) is 202 Å². The highest BCUT2D eigenvalue weighted by molar-refractivity contribution is 5.52. The molecule has 1 aromatic carbocycles. The second kappa shape index (κ2) is 29.4. The molecule has 0 aliphatic carbocycles. The molecule has 1 unspecified atom stereocenters. The lowest BCUT2D eigenvalue weighted by Gasteiger charge is -2.25. The van der Waals surface area contributed by atoms with Gasteiger partial charge in [0.15, 0.2) is 0 Å². The summed E-state index contributed by atoms with van der Waals surface area (Å²) in [5.74, 6) is 0.869. The van der Waals surface area contributed by atoms with Crippen LogP contribution in [0.25, 0.3) is 6.08 Å². The van der Waals surface area contributed by atoms with Crippen LogP contribution in [0.15, 0.2) is 61.2 Å². The summed E-state index contributed by atoms with van der Waals surface area (Å²) < 4.78 is 0. The Labute approximate surface area is 333 Å². The van der Waals surface area contributed by atoms with Crippen molar-refractivity contribution in [2.24, 2.45) is 5.92 Å². The molecule has 0 amide bonds. The molecular formula is C52H91N. The quantitative estimate of drug-likeness (QED) is 0.0613. The van der Waals surface area contributed by atoms with E-state index in [0.29, 0.717) is 0 Å². The van der Waals surface area contributed by atoms with Crippen LogP contribution in [0.2, 0.25) is 0 Å². The van der Waals surface area contributed by atoms with Crippen molar-refractivity contribution in [2.45, 2.75) is 220 Å². The predicted octanol–water partition coefficient (Wildman–Crippen LogP) is 16.9. The van der Waals surface area contributed by atoms with Crippen LogP contribution >= 0.6 is 0 Å². The zero-order valence-electron chi connectivity index (χ0n) is 37.2. The maximum atomic E-state index is 4.44. The molecule has 1 heterocycles. The Balaban J connectivity index is 0.000000727. The molecule has 1 heteroatoms. The van der Waals surface area contributed by atoms with E-state index in [1.54, 1.807) is 0 Å². The molecule has 53 heavy (non-hydrogen) atoms. The van der Waals surface area contributed by atoms with Gasteiger partial charge in [-0.25, -0.2) is 0 Å². The minimum Gasteiger partial charge on any atom is -0.303 e. The van der Waals surface area contributed by atoms with Crippen molar-refractivity contribution < 1.29 is 0 Å². The van der Waals surface area contributed by atoms with Crippen molar-refractivity contribution in [1.82, 2.24) is 4.90 Å². The average Bonchev–Trinajstić information content (AvgIpc) is 3.64. The molecule has 1 nitrogen and oxygen atoms in total. The van der Waals surface area contributed by atoms with E-state index in [-0.39, 0.29) is 10.8 Å². The molecule has 2 rings (SSSR count). The van der Waals surface area contributed by atoms with Crippen molar-refractivity contribution >= 4 is 6.08 Å². The zero-order valence-corrected chi connectivity index (χ0v) is 37.2. The van der Waals surface area contributed by atoms with Gasteiger partial charge in [0.05, 0.1) is 0 Å². The van der Waals surface area contributed by atoms with Crippen molar-refractivity contribution in [3.05, 3.63) is 77.9 Å². The summed E-state index contributed by atoms with van der Waals surface area (Å²) in [6.45, 7) is 34.8. The van der Waals surface area contributed by atoms with Gasteiger partial charge in [0.2, 0.25) is 0 Å². The molecule has 0 saturated carbocycles. The summed E-state index contributed by atoms with van der Waals surface area (Å²) in [7, 11) is 0. The average molecular weight is 730 g/mol. The predicted molar refractivity (Wildman–Crippen MR) is 243 cm³/mol. The van der Waals surface area contributed by atoms with E-state index in [2.05, 4.69) is 110 Å². The van der Waals surface area contributed by atoms with Gasteiger partial charge in [-0.2, -0.15) is 0 Å². The van der Waals surface area contributed by atoms with Gasteiger partial charge in [0, 0.05) is 0 Å². The second-order valence-electron chi connectivity index (χ2n) is 18.8. The van der Waals surface area contributed by atoms with E-state index in [4.69, 9.17) is 0 Å². The molecule has 0 spiro atoms. The van der Waals surface area contributed by atoms with Crippen LogP contribution in [0, 0.1) is 5.92 Å². The normalized spacial score (nSPS) is 14.3. The van der Waals surface area contributed by atoms with E-state index in [0.717, 1.165) is 5.92 Å². The van der Waals surface area contributed by atoms with Gasteiger partial charge in [-0.1, -0.05) is 187 Å². The Bertz CT molecular complexity index is 1080. The number of rotatable bonds is 28. The van der Waals surface area contributed by atoms with Gasteiger partial charge in [-0.05, 0) is 143 Å². The van der Waals surface area contributed by atoms with Gasteiger partial charge in [0.25, 0.3) is 0 Å². The molecule has 1 saturated heterocycles. The third kappa shape index (κ3) is 25.8. The van der Waals surface area contributed by atoms with Crippen LogP contribution in [0.1, 0.15) is 226 Å². The minimum atomic E-state index is 0.193. The SMILES string of the molecule is C=C(CCCCCCCCCC/C=C\CCCCC)CCC(CCC)CCC(=C)CCCN1CCCC1.C=Cc1cc(C(C)(C)C)cc(C(C)(C)C)c1. The summed E-state index contributed by atoms with van der Waals surface area (Å²) in [5.41, 5.74) is 7.38. The molecule has 0 radical (unpaired) electrons. The van der Waals surface area contributed by atoms with E-state index in [1.807, 2.05) is 6.08 Å². The fourth-order valence-corrected chi connectivity index (χ4v) is 7.55. The standard InChI is InChI=1S/C36H67N.C16H24/c1-5-7-8-9-10-11-12-13-14-15-16-17-18-19-20-25-34(3)27-29-36(24-6-2)30-28-35(4)26-23-33-37-31-21-22-32-37;1-8-12-9-13(15(2,3)4)11-14(10-12)16(5,6)7/h10-11,36H,3-9,12-33H2,1-2H3;8-11H,1H2,2-7H3/b11-10-;. The summed E-state index contributed by atoms with van der Waals surface area (Å²) in [5, 5.41) is 0. The first-order valence-electron chi connectivity index (χ1n) is 22.8. The molecule has 1 aromatic rings. The lowest BCUT2D eigenvalue weighted by molar-refractivity contribution is 0.332. The summed E-state index contributed by atoms with van der Waals surface area (Å²) in [6, 6.07) is 6.80. The number of hydrogen-bond acceptors (Lipinski definition) is 1. The van der Waals surface area contributed by atoms with Crippen LogP contribution in [0.5, 0.6) is 0 Å². The third-order valence-corrected chi connectivity index (χ3v) is 11.4. The molecule has 1 aliphatic rings. The Morgan fingerprint density at radius 2 is 1.08 bits per heavy atom. The number of hydrogen-bond donors (Lipinski definition) is 0. The van der Waals surface area contributed by atoms with Crippen molar-refractivity contribution in [3.8, 4) is 0 Å². The van der Waals surface area contributed by atoms with Crippen LogP contribution in [-0.4, -0.2) is 24.5 Å².